The fourth-order valence-electron chi connectivity index (χ4n) is 3.75. The predicted octanol–water partition coefficient (Wildman–Crippen LogP) is 4.44. The summed E-state index contributed by atoms with van der Waals surface area (Å²) < 4.78 is 5.12. The molecule has 0 radical (unpaired) electrons. The van der Waals surface area contributed by atoms with Crippen molar-refractivity contribution in [3.63, 3.8) is 0 Å². The van der Waals surface area contributed by atoms with Crippen molar-refractivity contribution in [2.45, 2.75) is 38.6 Å². The smallest absolute Gasteiger partial charge is 0.295 e. The minimum absolute atomic E-state index is 0.0111. The molecule has 158 valence electrons. The molecule has 0 saturated carbocycles. The number of carbonyl (C=O) groups excluding carboxylic acids is 2. The normalized spacial score (nSPS) is 18.8. The number of hydrogen-bond donors (Lipinski definition) is 1. The standard InChI is InChI=1S/C25H29NO4/c1-25(2,3)19-13-11-17(12-14-19)21-20(22(27)18-9-6-5-7-10-18)23(28)24(29)26(21)15-8-16-30-4/h5-7,9-14,21,27H,8,15-16H2,1-4H3. The Balaban J connectivity index is 2.10. The molecule has 1 aliphatic heterocycles. The summed E-state index contributed by atoms with van der Waals surface area (Å²) in [7, 11) is 1.60. The van der Waals surface area contributed by atoms with Gasteiger partial charge in [-0.1, -0.05) is 75.4 Å². The van der Waals surface area contributed by atoms with Gasteiger partial charge in [0.25, 0.3) is 11.7 Å². The van der Waals surface area contributed by atoms with E-state index in [1.54, 1.807) is 36.3 Å². The van der Waals surface area contributed by atoms with E-state index in [0.717, 1.165) is 11.1 Å². The quantitative estimate of drug-likeness (QED) is 0.333. The second-order valence-corrected chi connectivity index (χ2v) is 8.58. The first kappa shape index (κ1) is 21.8. The number of aliphatic hydroxyl groups excluding tert-OH is 1. The molecule has 5 nitrogen and oxygen atoms in total. The molecule has 0 aliphatic carbocycles. The van der Waals surface area contributed by atoms with Gasteiger partial charge in [-0.05, 0) is 23.0 Å². The van der Waals surface area contributed by atoms with E-state index in [1.165, 1.54) is 0 Å². The molecule has 1 heterocycles. The van der Waals surface area contributed by atoms with Crippen molar-refractivity contribution in [3.05, 3.63) is 76.9 Å². The van der Waals surface area contributed by atoms with Crippen molar-refractivity contribution in [2.75, 3.05) is 20.3 Å². The summed E-state index contributed by atoms with van der Waals surface area (Å²) in [6, 6.07) is 16.2. The maximum absolute atomic E-state index is 12.9. The number of benzene rings is 2. The molecule has 0 aromatic heterocycles. The number of likely N-dealkylation sites (tertiary alicyclic amines) is 1. The van der Waals surface area contributed by atoms with Crippen LogP contribution in [-0.4, -0.2) is 42.0 Å². The number of ketones is 1. The third-order valence-electron chi connectivity index (χ3n) is 5.43. The lowest BCUT2D eigenvalue weighted by molar-refractivity contribution is -0.140. The number of aliphatic hydroxyl groups is 1. The van der Waals surface area contributed by atoms with Crippen LogP contribution in [0.5, 0.6) is 0 Å². The molecule has 0 bridgehead atoms. The summed E-state index contributed by atoms with van der Waals surface area (Å²) in [5, 5.41) is 11.0. The first-order valence-corrected chi connectivity index (χ1v) is 10.2. The zero-order valence-corrected chi connectivity index (χ0v) is 18.0. The molecular formula is C25H29NO4. The lowest BCUT2D eigenvalue weighted by Gasteiger charge is -2.26. The van der Waals surface area contributed by atoms with Crippen LogP contribution in [0.4, 0.5) is 0 Å². The molecule has 2 aromatic carbocycles. The lowest BCUT2D eigenvalue weighted by Crippen LogP contribution is -2.31. The Morgan fingerprint density at radius 2 is 1.67 bits per heavy atom. The molecular weight excluding hydrogens is 378 g/mol. The Hall–Kier alpha value is -2.92. The molecule has 30 heavy (non-hydrogen) atoms. The van der Waals surface area contributed by atoms with Crippen molar-refractivity contribution in [2.24, 2.45) is 0 Å². The summed E-state index contributed by atoms with van der Waals surface area (Å²) in [5.74, 6) is -1.39. The average Bonchev–Trinajstić information content (AvgIpc) is 2.98. The van der Waals surface area contributed by atoms with Crippen LogP contribution in [0.3, 0.4) is 0 Å². The summed E-state index contributed by atoms with van der Waals surface area (Å²) in [5.41, 5.74) is 2.60. The number of nitrogens with zero attached hydrogens (tertiary/aromatic N) is 1. The average molecular weight is 408 g/mol. The van der Waals surface area contributed by atoms with Crippen molar-refractivity contribution in [3.8, 4) is 0 Å². The summed E-state index contributed by atoms with van der Waals surface area (Å²) >= 11 is 0. The maximum atomic E-state index is 12.9. The number of methoxy groups -OCH3 is 1. The summed E-state index contributed by atoms with van der Waals surface area (Å²) in [4.78, 5) is 27.3. The first-order chi connectivity index (χ1) is 14.3. The zero-order valence-electron chi connectivity index (χ0n) is 18.0. The van der Waals surface area contributed by atoms with Gasteiger partial charge in [-0.3, -0.25) is 9.59 Å². The summed E-state index contributed by atoms with van der Waals surface area (Å²) in [6.45, 7) is 7.25. The highest BCUT2D eigenvalue weighted by Crippen LogP contribution is 2.40. The Labute approximate surface area is 178 Å². The van der Waals surface area contributed by atoms with Crippen molar-refractivity contribution in [1.29, 1.82) is 0 Å². The minimum Gasteiger partial charge on any atom is -0.507 e. The van der Waals surface area contributed by atoms with E-state index in [9.17, 15) is 14.7 Å². The Morgan fingerprint density at radius 3 is 2.23 bits per heavy atom. The first-order valence-electron chi connectivity index (χ1n) is 10.2. The Bertz CT molecular complexity index is 939. The van der Waals surface area contributed by atoms with Gasteiger partial charge < -0.3 is 14.7 Å². The highest BCUT2D eigenvalue weighted by molar-refractivity contribution is 6.46. The highest BCUT2D eigenvalue weighted by Gasteiger charge is 2.45. The number of Topliss-reactive ketones (excluding diaryl/α,β-unsaturated/α-hetero) is 1. The molecule has 1 unspecified atom stereocenters. The molecule has 1 fully saturated rings. The zero-order chi connectivity index (χ0) is 21.9. The van der Waals surface area contributed by atoms with Gasteiger partial charge in [0.2, 0.25) is 0 Å². The van der Waals surface area contributed by atoms with E-state index in [2.05, 4.69) is 20.8 Å². The molecule has 2 aromatic rings. The summed E-state index contributed by atoms with van der Waals surface area (Å²) in [6.07, 6.45) is 0.603. The van der Waals surface area contributed by atoms with Gasteiger partial charge >= 0.3 is 0 Å². The van der Waals surface area contributed by atoms with Crippen molar-refractivity contribution >= 4 is 17.4 Å². The number of rotatable bonds is 6. The fraction of sp³-hybridized carbons (Fsp3) is 0.360. The number of carbonyl (C=O) groups is 2. The van der Waals surface area contributed by atoms with Gasteiger partial charge in [0, 0.05) is 25.8 Å². The van der Waals surface area contributed by atoms with Gasteiger partial charge in [0.05, 0.1) is 11.6 Å². The largest absolute Gasteiger partial charge is 0.507 e. The molecule has 0 spiro atoms. The third kappa shape index (κ3) is 4.31. The van der Waals surface area contributed by atoms with Crippen LogP contribution in [0.15, 0.2) is 60.2 Å². The lowest BCUT2D eigenvalue weighted by atomic mass is 9.85. The number of hydrogen-bond acceptors (Lipinski definition) is 4. The van der Waals surface area contributed by atoms with Crippen LogP contribution in [0.25, 0.3) is 5.76 Å². The third-order valence-corrected chi connectivity index (χ3v) is 5.43. The molecule has 1 amide bonds. The monoisotopic (exact) mass is 407 g/mol. The minimum atomic E-state index is -0.654. The molecule has 3 rings (SSSR count). The van der Waals surface area contributed by atoms with Crippen LogP contribution in [0.1, 0.15) is 49.9 Å². The van der Waals surface area contributed by atoms with Crippen molar-refractivity contribution < 1.29 is 19.4 Å². The highest BCUT2D eigenvalue weighted by atomic mass is 16.5. The van der Waals surface area contributed by atoms with Crippen molar-refractivity contribution in [1.82, 2.24) is 4.90 Å². The Kier molecular flexibility index (Phi) is 6.42. The second kappa shape index (κ2) is 8.84. The maximum Gasteiger partial charge on any atom is 0.295 e. The molecule has 1 saturated heterocycles. The van der Waals surface area contributed by atoms with E-state index in [-0.39, 0.29) is 16.7 Å². The van der Waals surface area contributed by atoms with E-state index in [4.69, 9.17) is 4.74 Å². The van der Waals surface area contributed by atoms with Crippen LogP contribution in [0, 0.1) is 0 Å². The van der Waals surface area contributed by atoms with E-state index >= 15 is 0 Å². The topological polar surface area (TPSA) is 66.8 Å². The van der Waals surface area contributed by atoms with Crippen LogP contribution in [-0.2, 0) is 19.7 Å². The fourth-order valence-corrected chi connectivity index (χ4v) is 3.75. The molecule has 5 heteroatoms. The van der Waals surface area contributed by atoms with E-state index in [0.29, 0.717) is 25.1 Å². The van der Waals surface area contributed by atoms with Crippen LogP contribution in [0.2, 0.25) is 0 Å². The second-order valence-electron chi connectivity index (χ2n) is 8.58. The van der Waals surface area contributed by atoms with Gasteiger partial charge in [-0.15, -0.1) is 0 Å². The molecule has 1 atom stereocenters. The van der Waals surface area contributed by atoms with E-state index in [1.807, 2.05) is 30.3 Å². The SMILES string of the molecule is COCCCN1C(=O)C(=O)C(=C(O)c2ccccc2)C1c1ccc(C(C)(C)C)cc1. The van der Waals surface area contributed by atoms with E-state index < -0.39 is 17.7 Å². The number of ether oxygens (including phenoxy) is 1. The van der Waals surface area contributed by atoms with Gasteiger partial charge in [0.15, 0.2) is 0 Å². The van der Waals surface area contributed by atoms with Gasteiger partial charge in [-0.2, -0.15) is 0 Å². The molecule has 1 N–H and O–H groups in total. The van der Waals surface area contributed by atoms with Crippen LogP contribution < -0.4 is 0 Å². The molecule has 1 aliphatic rings. The van der Waals surface area contributed by atoms with Gasteiger partial charge in [0.1, 0.15) is 5.76 Å². The predicted molar refractivity (Wildman–Crippen MR) is 117 cm³/mol. The Morgan fingerprint density at radius 1 is 1.03 bits per heavy atom. The van der Waals surface area contributed by atoms with Crippen LogP contribution >= 0.6 is 0 Å². The number of amides is 1. The van der Waals surface area contributed by atoms with Gasteiger partial charge in [-0.25, -0.2) is 0 Å².